The largest absolute Gasteiger partial charge is 0.493 e. The zero-order valence-corrected chi connectivity index (χ0v) is 17.1. The summed E-state index contributed by atoms with van der Waals surface area (Å²) < 4.78 is 16.5. The molecule has 0 spiro atoms. The van der Waals surface area contributed by atoms with E-state index in [2.05, 4.69) is 10.3 Å². The zero-order chi connectivity index (χ0) is 20.1. The van der Waals surface area contributed by atoms with E-state index in [1.54, 1.807) is 49.8 Å². The molecule has 1 aromatic heterocycles. The molecule has 1 amide bonds. The van der Waals surface area contributed by atoms with E-state index >= 15 is 0 Å². The van der Waals surface area contributed by atoms with Gasteiger partial charge in [-0.2, -0.15) is 0 Å². The third-order valence-electron chi connectivity index (χ3n) is 4.15. The van der Waals surface area contributed by atoms with Crippen molar-refractivity contribution < 1.29 is 19.0 Å². The molecule has 0 bridgehead atoms. The van der Waals surface area contributed by atoms with Gasteiger partial charge in [-0.1, -0.05) is 12.1 Å². The lowest BCUT2D eigenvalue weighted by molar-refractivity contribution is 0.102. The molecule has 1 N–H and O–H groups in total. The molecule has 0 saturated heterocycles. The van der Waals surface area contributed by atoms with Crippen molar-refractivity contribution in [2.75, 3.05) is 19.5 Å². The van der Waals surface area contributed by atoms with Gasteiger partial charge in [-0.15, -0.1) is 11.3 Å². The Bertz CT molecular complexity index is 984. The standard InChI is InChI=1S/C21H22N2O4S/c1-13-9-19(25-3)20(26-4)10-17(13)23-21(24)16-7-5-6-8-18(16)27-11-15-12-28-14(2)22-15/h5-10,12H,11H2,1-4H3,(H,23,24). The van der Waals surface area contributed by atoms with Crippen molar-refractivity contribution in [3.63, 3.8) is 0 Å². The Morgan fingerprint density at radius 2 is 1.79 bits per heavy atom. The second-order valence-electron chi connectivity index (χ2n) is 6.12. The number of carbonyl (C=O) groups excluding carboxylic acids is 1. The first-order chi connectivity index (χ1) is 13.5. The van der Waals surface area contributed by atoms with Crippen LogP contribution in [-0.4, -0.2) is 25.1 Å². The highest BCUT2D eigenvalue weighted by atomic mass is 32.1. The summed E-state index contributed by atoms with van der Waals surface area (Å²) in [5, 5.41) is 5.86. The molecule has 0 atom stereocenters. The molecule has 7 heteroatoms. The molecule has 0 aliphatic carbocycles. The summed E-state index contributed by atoms with van der Waals surface area (Å²) in [6, 6.07) is 10.7. The lowest BCUT2D eigenvalue weighted by atomic mass is 10.1. The van der Waals surface area contributed by atoms with Gasteiger partial charge in [0.05, 0.1) is 30.5 Å². The molecular weight excluding hydrogens is 376 g/mol. The minimum atomic E-state index is -0.264. The molecule has 2 aromatic carbocycles. The summed E-state index contributed by atoms with van der Waals surface area (Å²) in [6.45, 7) is 4.15. The molecule has 0 radical (unpaired) electrons. The van der Waals surface area contributed by atoms with Crippen LogP contribution in [-0.2, 0) is 6.61 Å². The minimum Gasteiger partial charge on any atom is -0.493 e. The van der Waals surface area contributed by atoms with E-state index in [1.165, 1.54) is 0 Å². The van der Waals surface area contributed by atoms with Crippen LogP contribution in [0, 0.1) is 13.8 Å². The quantitative estimate of drug-likeness (QED) is 0.629. The summed E-state index contributed by atoms with van der Waals surface area (Å²) >= 11 is 1.57. The predicted molar refractivity (Wildman–Crippen MR) is 110 cm³/mol. The minimum absolute atomic E-state index is 0.264. The van der Waals surface area contributed by atoms with Crippen LogP contribution in [0.25, 0.3) is 0 Å². The number of thiazole rings is 1. The number of carbonyl (C=O) groups is 1. The Labute approximate surface area is 168 Å². The number of methoxy groups -OCH3 is 2. The number of aromatic nitrogens is 1. The van der Waals surface area contributed by atoms with Crippen LogP contribution in [0.5, 0.6) is 17.2 Å². The second kappa shape index (κ2) is 8.75. The maximum absolute atomic E-state index is 12.9. The van der Waals surface area contributed by atoms with Gasteiger partial charge >= 0.3 is 0 Å². The Balaban J connectivity index is 1.79. The number of hydrogen-bond donors (Lipinski definition) is 1. The third kappa shape index (κ3) is 4.43. The molecule has 28 heavy (non-hydrogen) atoms. The number of nitrogens with one attached hydrogen (secondary N) is 1. The highest BCUT2D eigenvalue weighted by molar-refractivity contribution is 7.09. The summed E-state index contributed by atoms with van der Waals surface area (Å²) in [6.07, 6.45) is 0. The molecule has 3 aromatic rings. The highest BCUT2D eigenvalue weighted by Gasteiger charge is 2.16. The zero-order valence-electron chi connectivity index (χ0n) is 16.2. The van der Waals surface area contributed by atoms with E-state index in [9.17, 15) is 4.79 Å². The molecule has 3 rings (SSSR count). The number of rotatable bonds is 7. The predicted octanol–water partition coefficient (Wildman–Crippen LogP) is 4.61. The number of nitrogens with zero attached hydrogens (tertiary/aromatic N) is 1. The Morgan fingerprint density at radius 1 is 1.07 bits per heavy atom. The fourth-order valence-electron chi connectivity index (χ4n) is 2.71. The second-order valence-corrected chi connectivity index (χ2v) is 7.18. The van der Waals surface area contributed by atoms with Gasteiger partial charge in [0.2, 0.25) is 0 Å². The van der Waals surface area contributed by atoms with Crippen molar-refractivity contribution in [3.8, 4) is 17.2 Å². The fraction of sp³-hybridized carbons (Fsp3) is 0.238. The molecule has 0 fully saturated rings. The van der Waals surface area contributed by atoms with Crippen molar-refractivity contribution in [1.82, 2.24) is 4.98 Å². The summed E-state index contributed by atoms with van der Waals surface area (Å²) in [7, 11) is 3.13. The molecule has 0 unspecified atom stereocenters. The molecule has 0 saturated carbocycles. The van der Waals surface area contributed by atoms with E-state index in [-0.39, 0.29) is 5.91 Å². The number of para-hydroxylation sites is 1. The van der Waals surface area contributed by atoms with Crippen LogP contribution in [0.15, 0.2) is 41.8 Å². The maximum Gasteiger partial charge on any atom is 0.259 e. The van der Waals surface area contributed by atoms with Gasteiger partial charge in [0, 0.05) is 17.1 Å². The third-order valence-corrected chi connectivity index (χ3v) is 4.97. The summed E-state index contributed by atoms with van der Waals surface area (Å²) in [5.74, 6) is 1.40. The van der Waals surface area contributed by atoms with Crippen LogP contribution in [0.3, 0.4) is 0 Å². The molecule has 1 heterocycles. The Morgan fingerprint density at radius 3 is 2.46 bits per heavy atom. The van der Waals surface area contributed by atoms with Crippen molar-refractivity contribution in [3.05, 3.63) is 63.6 Å². The maximum atomic E-state index is 12.9. The number of anilines is 1. The van der Waals surface area contributed by atoms with Crippen molar-refractivity contribution in [1.29, 1.82) is 0 Å². The van der Waals surface area contributed by atoms with Crippen LogP contribution < -0.4 is 19.5 Å². The smallest absolute Gasteiger partial charge is 0.259 e. The van der Waals surface area contributed by atoms with E-state index in [0.29, 0.717) is 35.1 Å². The molecule has 146 valence electrons. The van der Waals surface area contributed by atoms with Gasteiger partial charge < -0.3 is 19.5 Å². The first kappa shape index (κ1) is 19.7. The van der Waals surface area contributed by atoms with E-state index in [0.717, 1.165) is 16.3 Å². The molecular formula is C21H22N2O4S. The number of amides is 1. The van der Waals surface area contributed by atoms with Gasteiger partial charge in [-0.3, -0.25) is 4.79 Å². The Kier molecular flexibility index (Phi) is 6.16. The van der Waals surface area contributed by atoms with Crippen molar-refractivity contribution >= 4 is 22.9 Å². The van der Waals surface area contributed by atoms with E-state index < -0.39 is 0 Å². The lowest BCUT2D eigenvalue weighted by Gasteiger charge is -2.15. The number of ether oxygens (including phenoxy) is 3. The van der Waals surface area contributed by atoms with Crippen molar-refractivity contribution in [2.45, 2.75) is 20.5 Å². The van der Waals surface area contributed by atoms with Gasteiger partial charge in [-0.25, -0.2) is 4.98 Å². The fourth-order valence-corrected chi connectivity index (χ4v) is 3.31. The topological polar surface area (TPSA) is 69.7 Å². The molecule has 0 aliphatic heterocycles. The van der Waals surface area contributed by atoms with Crippen LogP contribution in [0.1, 0.15) is 26.6 Å². The monoisotopic (exact) mass is 398 g/mol. The summed E-state index contributed by atoms with van der Waals surface area (Å²) in [4.78, 5) is 17.3. The van der Waals surface area contributed by atoms with Gasteiger partial charge in [0.25, 0.3) is 5.91 Å². The molecule has 6 nitrogen and oxygen atoms in total. The SMILES string of the molecule is COc1cc(C)c(NC(=O)c2ccccc2OCc2csc(C)n2)cc1OC. The first-order valence-corrected chi connectivity index (χ1v) is 9.56. The number of hydrogen-bond acceptors (Lipinski definition) is 6. The number of benzene rings is 2. The van der Waals surface area contributed by atoms with E-state index in [1.807, 2.05) is 31.4 Å². The van der Waals surface area contributed by atoms with Crippen molar-refractivity contribution in [2.24, 2.45) is 0 Å². The van der Waals surface area contributed by atoms with Crippen LogP contribution >= 0.6 is 11.3 Å². The Hall–Kier alpha value is -3.06. The van der Waals surface area contributed by atoms with Gasteiger partial charge in [0.15, 0.2) is 11.5 Å². The summed E-state index contributed by atoms with van der Waals surface area (Å²) in [5.41, 5.74) is 2.80. The van der Waals surface area contributed by atoms with Crippen LogP contribution in [0.4, 0.5) is 5.69 Å². The number of aryl methyl sites for hydroxylation is 2. The van der Waals surface area contributed by atoms with Gasteiger partial charge in [0.1, 0.15) is 12.4 Å². The molecule has 0 aliphatic rings. The average molecular weight is 398 g/mol. The first-order valence-electron chi connectivity index (χ1n) is 8.68. The lowest BCUT2D eigenvalue weighted by Crippen LogP contribution is -2.14. The van der Waals surface area contributed by atoms with Gasteiger partial charge in [-0.05, 0) is 37.6 Å². The van der Waals surface area contributed by atoms with E-state index in [4.69, 9.17) is 14.2 Å². The van der Waals surface area contributed by atoms with Crippen LogP contribution in [0.2, 0.25) is 0 Å². The average Bonchev–Trinajstić information content (AvgIpc) is 3.12. The normalized spacial score (nSPS) is 10.4. The highest BCUT2D eigenvalue weighted by Crippen LogP contribution is 2.33.